The van der Waals surface area contributed by atoms with Crippen LogP contribution in [0.1, 0.15) is 5.69 Å². The second kappa shape index (κ2) is 3.80. The summed E-state index contributed by atoms with van der Waals surface area (Å²) in [6, 6.07) is 5.76. The first kappa shape index (κ1) is 10.4. The summed E-state index contributed by atoms with van der Waals surface area (Å²) >= 11 is 12.9. The van der Waals surface area contributed by atoms with Gasteiger partial charge in [-0.2, -0.15) is 0 Å². The molecule has 0 radical (unpaired) electrons. The van der Waals surface area contributed by atoms with Crippen LogP contribution in [-0.2, 0) is 0 Å². The zero-order valence-electron chi connectivity index (χ0n) is 7.31. The number of halogens is 3. The summed E-state index contributed by atoms with van der Waals surface area (Å²) in [5.74, 6) is 0. The Morgan fingerprint density at radius 3 is 2.64 bits per heavy atom. The summed E-state index contributed by atoms with van der Waals surface area (Å²) in [4.78, 5) is 4.35. The Labute approximate surface area is 104 Å². The predicted octanol–water partition coefficient (Wildman–Crippen LogP) is 4.72. The number of hydrogen-bond donors (Lipinski definition) is 0. The highest BCUT2D eigenvalue weighted by molar-refractivity contribution is 9.11. The summed E-state index contributed by atoms with van der Waals surface area (Å²) in [5.41, 5.74) is 0.965. The van der Waals surface area contributed by atoms with Crippen molar-refractivity contribution in [2.24, 2.45) is 0 Å². The van der Waals surface area contributed by atoms with Gasteiger partial charge in [0.25, 0.3) is 0 Å². The zero-order chi connectivity index (χ0) is 10.3. The number of aryl methyl sites for hydroxylation is 1. The molecule has 0 saturated heterocycles. The van der Waals surface area contributed by atoms with E-state index in [9.17, 15) is 0 Å². The van der Waals surface area contributed by atoms with Crippen LogP contribution in [0.5, 0.6) is 0 Å². The molecule has 0 aliphatic rings. The van der Waals surface area contributed by atoms with Gasteiger partial charge in [-0.1, -0.05) is 17.7 Å². The van der Waals surface area contributed by atoms with Gasteiger partial charge in [0.05, 0.1) is 5.69 Å². The van der Waals surface area contributed by atoms with Crippen molar-refractivity contribution in [3.63, 3.8) is 0 Å². The van der Waals surface area contributed by atoms with Crippen LogP contribution in [-0.4, -0.2) is 4.98 Å². The summed E-state index contributed by atoms with van der Waals surface area (Å²) in [5, 5.41) is 2.86. The minimum Gasteiger partial charge on any atom is -0.244 e. The molecule has 1 nitrogen and oxygen atoms in total. The largest absolute Gasteiger partial charge is 0.244 e. The van der Waals surface area contributed by atoms with Gasteiger partial charge < -0.3 is 0 Å². The van der Waals surface area contributed by atoms with Crippen LogP contribution in [0.2, 0.25) is 5.02 Å². The summed E-state index contributed by atoms with van der Waals surface area (Å²) in [6.45, 7) is 1.96. The van der Waals surface area contributed by atoms with Gasteiger partial charge in [-0.25, -0.2) is 4.98 Å². The van der Waals surface area contributed by atoms with Gasteiger partial charge in [0.2, 0.25) is 0 Å². The molecular weight excluding hydrogens is 329 g/mol. The molecule has 0 fully saturated rings. The molecule has 72 valence electrons. The quantitative estimate of drug-likeness (QED) is 0.635. The van der Waals surface area contributed by atoms with E-state index in [0.29, 0.717) is 0 Å². The van der Waals surface area contributed by atoms with Crippen molar-refractivity contribution in [3.05, 3.63) is 38.0 Å². The fourth-order valence-corrected chi connectivity index (χ4v) is 2.53. The number of pyridine rings is 1. The van der Waals surface area contributed by atoms with Gasteiger partial charge >= 0.3 is 0 Å². The number of hydrogen-bond acceptors (Lipinski definition) is 1. The van der Waals surface area contributed by atoms with Crippen LogP contribution in [0, 0.1) is 6.92 Å². The summed E-state index contributed by atoms with van der Waals surface area (Å²) in [6.07, 6.45) is 0. The van der Waals surface area contributed by atoms with E-state index in [-0.39, 0.29) is 0 Å². The number of aromatic nitrogens is 1. The van der Waals surface area contributed by atoms with E-state index in [1.54, 1.807) is 0 Å². The maximum atomic E-state index is 5.92. The third-order valence-corrected chi connectivity index (χ3v) is 3.86. The third kappa shape index (κ3) is 1.69. The monoisotopic (exact) mass is 333 g/mol. The number of benzene rings is 1. The van der Waals surface area contributed by atoms with E-state index < -0.39 is 0 Å². The van der Waals surface area contributed by atoms with E-state index in [0.717, 1.165) is 30.6 Å². The highest BCUT2D eigenvalue weighted by Gasteiger charge is 2.07. The third-order valence-electron chi connectivity index (χ3n) is 2.02. The van der Waals surface area contributed by atoms with Crippen LogP contribution in [0.4, 0.5) is 0 Å². The molecule has 0 spiro atoms. The number of rotatable bonds is 0. The Kier molecular flexibility index (Phi) is 2.82. The lowest BCUT2D eigenvalue weighted by Gasteiger charge is -2.06. The van der Waals surface area contributed by atoms with E-state index in [1.807, 2.05) is 25.1 Å². The molecular formula is C10H6Br2ClN. The van der Waals surface area contributed by atoms with Gasteiger partial charge in [0.15, 0.2) is 0 Å². The van der Waals surface area contributed by atoms with Crippen molar-refractivity contribution in [2.45, 2.75) is 6.92 Å². The molecule has 0 amide bonds. The average molecular weight is 335 g/mol. The summed E-state index contributed by atoms with van der Waals surface area (Å²) < 4.78 is 1.85. The van der Waals surface area contributed by atoms with Crippen molar-refractivity contribution >= 4 is 54.2 Å². The standard InChI is InChI=1S/C10H6Br2ClN/c1-5-9(11)7-3-2-6(13)4-8(7)10(12)14-5/h2-4H,1H3. The van der Waals surface area contributed by atoms with Gasteiger partial charge in [-0.05, 0) is 50.9 Å². The molecule has 4 heteroatoms. The molecule has 1 aromatic heterocycles. The van der Waals surface area contributed by atoms with Crippen LogP contribution in [0.25, 0.3) is 10.8 Å². The Morgan fingerprint density at radius 2 is 1.93 bits per heavy atom. The Morgan fingerprint density at radius 1 is 1.21 bits per heavy atom. The van der Waals surface area contributed by atoms with Crippen molar-refractivity contribution in [1.82, 2.24) is 4.98 Å². The van der Waals surface area contributed by atoms with E-state index in [1.165, 1.54) is 0 Å². The van der Waals surface area contributed by atoms with Crippen LogP contribution in [0.3, 0.4) is 0 Å². The summed E-state index contributed by atoms with van der Waals surface area (Å²) in [7, 11) is 0. The average Bonchev–Trinajstić information content (AvgIpc) is 2.14. The molecule has 2 aromatic rings. The maximum Gasteiger partial charge on any atom is 0.114 e. The fourth-order valence-electron chi connectivity index (χ4n) is 1.33. The normalized spacial score (nSPS) is 10.9. The molecule has 1 aromatic carbocycles. The van der Waals surface area contributed by atoms with Crippen molar-refractivity contribution in [2.75, 3.05) is 0 Å². The highest BCUT2D eigenvalue weighted by atomic mass is 79.9. The molecule has 0 N–H and O–H groups in total. The SMILES string of the molecule is Cc1nc(Br)c2cc(Cl)ccc2c1Br. The minimum atomic E-state index is 0.718. The zero-order valence-corrected chi connectivity index (χ0v) is 11.2. The van der Waals surface area contributed by atoms with Crippen LogP contribution >= 0.6 is 43.5 Å². The highest BCUT2D eigenvalue weighted by Crippen LogP contribution is 2.32. The van der Waals surface area contributed by atoms with Gasteiger partial charge in [-0.3, -0.25) is 0 Å². The van der Waals surface area contributed by atoms with Crippen molar-refractivity contribution in [1.29, 1.82) is 0 Å². The Hall–Kier alpha value is -0.120. The van der Waals surface area contributed by atoms with Gasteiger partial charge in [0.1, 0.15) is 4.60 Å². The number of nitrogens with zero attached hydrogens (tertiary/aromatic N) is 1. The lowest BCUT2D eigenvalue weighted by atomic mass is 10.1. The van der Waals surface area contributed by atoms with Crippen molar-refractivity contribution < 1.29 is 0 Å². The fraction of sp³-hybridized carbons (Fsp3) is 0.100. The first-order valence-electron chi connectivity index (χ1n) is 4.00. The van der Waals surface area contributed by atoms with Crippen molar-refractivity contribution in [3.8, 4) is 0 Å². The van der Waals surface area contributed by atoms with Crippen LogP contribution in [0.15, 0.2) is 27.3 Å². The molecule has 0 bridgehead atoms. The van der Waals surface area contributed by atoms with Crippen LogP contribution < -0.4 is 0 Å². The van der Waals surface area contributed by atoms with E-state index in [4.69, 9.17) is 11.6 Å². The van der Waals surface area contributed by atoms with Gasteiger partial charge in [-0.15, -0.1) is 0 Å². The minimum absolute atomic E-state index is 0.718. The molecule has 0 unspecified atom stereocenters. The lowest BCUT2D eigenvalue weighted by molar-refractivity contribution is 1.18. The molecule has 0 saturated carbocycles. The molecule has 0 aliphatic heterocycles. The van der Waals surface area contributed by atoms with E-state index in [2.05, 4.69) is 36.8 Å². The second-order valence-electron chi connectivity index (χ2n) is 2.99. The topological polar surface area (TPSA) is 12.9 Å². The lowest BCUT2D eigenvalue weighted by Crippen LogP contribution is -1.87. The molecule has 0 aliphatic carbocycles. The second-order valence-corrected chi connectivity index (χ2v) is 4.97. The Bertz CT molecular complexity index is 511. The first-order chi connectivity index (χ1) is 6.59. The molecule has 2 rings (SSSR count). The first-order valence-corrected chi connectivity index (χ1v) is 5.97. The van der Waals surface area contributed by atoms with Gasteiger partial charge in [0, 0.05) is 20.3 Å². The molecule has 14 heavy (non-hydrogen) atoms. The Balaban J connectivity index is 2.94. The maximum absolute atomic E-state index is 5.92. The number of fused-ring (bicyclic) bond motifs is 1. The molecule has 0 atom stereocenters. The predicted molar refractivity (Wildman–Crippen MR) is 66.9 cm³/mol. The van der Waals surface area contributed by atoms with E-state index >= 15 is 0 Å². The molecule has 1 heterocycles. The smallest absolute Gasteiger partial charge is 0.114 e.